The second-order valence-electron chi connectivity index (χ2n) is 6.08. The molecule has 2 aromatic carbocycles. The van der Waals surface area contributed by atoms with Crippen LogP contribution in [0.3, 0.4) is 0 Å². The molecule has 5 heteroatoms. The van der Waals surface area contributed by atoms with E-state index in [0.29, 0.717) is 0 Å². The Morgan fingerprint density at radius 3 is 2.64 bits per heavy atom. The van der Waals surface area contributed by atoms with Crippen LogP contribution in [0.2, 0.25) is 0 Å². The van der Waals surface area contributed by atoms with E-state index in [2.05, 4.69) is 24.4 Å². The molecule has 3 aromatic rings. The molecule has 0 atom stereocenters. The Bertz CT molecular complexity index is 956. The number of nitrogens with zero attached hydrogens (tertiary/aromatic N) is 1. The highest BCUT2D eigenvalue weighted by Gasteiger charge is 2.11. The van der Waals surface area contributed by atoms with Gasteiger partial charge in [-0.15, -0.1) is 0 Å². The number of halogens is 1. The maximum Gasteiger partial charge on any atom is 0.234 e. The van der Waals surface area contributed by atoms with E-state index in [1.54, 1.807) is 18.2 Å². The standard InChI is InChI=1S/C20H19FN2OS/c1-12-8-13(2)15-10-14(3)20(23-18(15)9-12)25-11-19(24)22-17-7-5-4-6-16(17)21/h4-10H,11H2,1-3H3,(H,22,24). The molecule has 0 aliphatic carbocycles. The van der Waals surface area contributed by atoms with Gasteiger partial charge in [0.25, 0.3) is 0 Å². The van der Waals surface area contributed by atoms with Gasteiger partial charge >= 0.3 is 0 Å². The number of nitrogens with one attached hydrogen (secondary N) is 1. The second-order valence-corrected chi connectivity index (χ2v) is 7.04. The third-order valence-electron chi connectivity index (χ3n) is 3.92. The average Bonchev–Trinajstić information content (AvgIpc) is 2.56. The number of aryl methyl sites for hydroxylation is 3. The van der Waals surface area contributed by atoms with Crippen molar-refractivity contribution in [2.75, 3.05) is 11.1 Å². The van der Waals surface area contributed by atoms with Crippen LogP contribution in [0.4, 0.5) is 10.1 Å². The maximum absolute atomic E-state index is 13.6. The zero-order valence-corrected chi connectivity index (χ0v) is 15.2. The molecule has 3 rings (SSSR count). The van der Waals surface area contributed by atoms with Gasteiger partial charge in [-0.1, -0.05) is 30.0 Å². The third-order valence-corrected chi connectivity index (χ3v) is 5.01. The van der Waals surface area contributed by atoms with Gasteiger partial charge in [-0.3, -0.25) is 4.79 Å². The molecular weight excluding hydrogens is 335 g/mol. The number of aromatic nitrogens is 1. The minimum Gasteiger partial charge on any atom is -0.323 e. The topological polar surface area (TPSA) is 42.0 Å². The number of pyridine rings is 1. The van der Waals surface area contributed by atoms with Crippen LogP contribution in [0, 0.1) is 26.6 Å². The number of carbonyl (C=O) groups excluding carboxylic acids is 1. The summed E-state index contributed by atoms with van der Waals surface area (Å²) in [5.74, 6) is -0.512. The van der Waals surface area contributed by atoms with Crippen LogP contribution < -0.4 is 5.32 Å². The molecule has 1 amide bonds. The number of para-hydroxylation sites is 1. The van der Waals surface area contributed by atoms with Crippen molar-refractivity contribution in [3.8, 4) is 0 Å². The summed E-state index contributed by atoms with van der Waals surface area (Å²) in [5.41, 5.74) is 4.51. The van der Waals surface area contributed by atoms with Crippen molar-refractivity contribution in [3.05, 3.63) is 65.0 Å². The van der Waals surface area contributed by atoms with Gasteiger partial charge < -0.3 is 5.32 Å². The van der Waals surface area contributed by atoms with Gasteiger partial charge in [-0.05, 0) is 61.7 Å². The van der Waals surface area contributed by atoms with Crippen LogP contribution in [-0.2, 0) is 4.79 Å². The lowest BCUT2D eigenvalue weighted by atomic mass is 10.1. The highest BCUT2D eigenvalue weighted by molar-refractivity contribution is 8.00. The van der Waals surface area contributed by atoms with E-state index >= 15 is 0 Å². The first kappa shape index (κ1) is 17.4. The molecule has 0 aliphatic heterocycles. The van der Waals surface area contributed by atoms with E-state index in [0.717, 1.165) is 27.1 Å². The van der Waals surface area contributed by atoms with Gasteiger partial charge in [-0.2, -0.15) is 0 Å². The summed E-state index contributed by atoms with van der Waals surface area (Å²) in [6, 6.07) is 12.4. The fourth-order valence-electron chi connectivity index (χ4n) is 2.74. The molecule has 25 heavy (non-hydrogen) atoms. The molecule has 1 N–H and O–H groups in total. The van der Waals surface area contributed by atoms with E-state index in [1.165, 1.54) is 23.4 Å². The number of benzene rings is 2. The first-order valence-electron chi connectivity index (χ1n) is 8.00. The minimum atomic E-state index is -0.438. The molecule has 1 aromatic heterocycles. The number of anilines is 1. The highest BCUT2D eigenvalue weighted by atomic mass is 32.2. The molecule has 1 heterocycles. The van der Waals surface area contributed by atoms with Crippen molar-refractivity contribution >= 4 is 34.3 Å². The van der Waals surface area contributed by atoms with Crippen molar-refractivity contribution in [2.45, 2.75) is 25.8 Å². The number of fused-ring (bicyclic) bond motifs is 1. The summed E-state index contributed by atoms with van der Waals surface area (Å²) in [5, 5.41) is 4.54. The van der Waals surface area contributed by atoms with Gasteiger partial charge in [0.1, 0.15) is 10.8 Å². The predicted octanol–water partition coefficient (Wildman–Crippen LogP) is 5.03. The SMILES string of the molecule is Cc1cc(C)c2cc(C)c(SCC(=O)Nc3ccccc3F)nc2c1. The van der Waals surface area contributed by atoms with Crippen LogP contribution in [0.25, 0.3) is 10.9 Å². The van der Waals surface area contributed by atoms with E-state index < -0.39 is 5.82 Å². The summed E-state index contributed by atoms with van der Waals surface area (Å²) in [6.45, 7) is 6.11. The normalized spacial score (nSPS) is 10.9. The van der Waals surface area contributed by atoms with Crippen LogP contribution in [0.15, 0.2) is 47.5 Å². The van der Waals surface area contributed by atoms with Crippen molar-refractivity contribution < 1.29 is 9.18 Å². The van der Waals surface area contributed by atoms with Gasteiger partial charge in [0.05, 0.1) is 17.0 Å². The number of amides is 1. The van der Waals surface area contributed by atoms with Gasteiger partial charge in [-0.25, -0.2) is 9.37 Å². The van der Waals surface area contributed by atoms with Crippen LogP contribution in [0.5, 0.6) is 0 Å². The molecule has 0 unspecified atom stereocenters. The Morgan fingerprint density at radius 1 is 1.12 bits per heavy atom. The van der Waals surface area contributed by atoms with E-state index in [1.807, 2.05) is 19.9 Å². The Balaban J connectivity index is 1.75. The maximum atomic E-state index is 13.6. The lowest BCUT2D eigenvalue weighted by Gasteiger charge is -2.10. The summed E-state index contributed by atoms with van der Waals surface area (Å²) >= 11 is 1.36. The number of hydrogen-bond acceptors (Lipinski definition) is 3. The van der Waals surface area contributed by atoms with Gasteiger partial charge in [0, 0.05) is 5.39 Å². The number of carbonyl (C=O) groups is 1. The molecule has 0 saturated heterocycles. The van der Waals surface area contributed by atoms with E-state index in [-0.39, 0.29) is 17.3 Å². The van der Waals surface area contributed by atoms with Crippen LogP contribution in [-0.4, -0.2) is 16.6 Å². The summed E-state index contributed by atoms with van der Waals surface area (Å²) in [7, 11) is 0. The monoisotopic (exact) mass is 354 g/mol. The highest BCUT2D eigenvalue weighted by Crippen LogP contribution is 2.27. The van der Waals surface area contributed by atoms with Gasteiger partial charge in [0.2, 0.25) is 5.91 Å². The van der Waals surface area contributed by atoms with E-state index in [9.17, 15) is 9.18 Å². The molecule has 0 saturated carbocycles. The summed E-state index contributed by atoms with van der Waals surface area (Å²) in [6.07, 6.45) is 0. The zero-order valence-electron chi connectivity index (χ0n) is 14.4. The summed E-state index contributed by atoms with van der Waals surface area (Å²) in [4.78, 5) is 16.8. The average molecular weight is 354 g/mol. The largest absolute Gasteiger partial charge is 0.323 e. The molecular formula is C20H19FN2OS. The van der Waals surface area contributed by atoms with Crippen LogP contribution >= 0.6 is 11.8 Å². The minimum absolute atomic E-state index is 0.179. The molecule has 0 radical (unpaired) electrons. The molecule has 0 fully saturated rings. The Hall–Kier alpha value is -2.40. The van der Waals surface area contributed by atoms with Crippen molar-refractivity contribution in [1.82, 2.24) is 4.98 Å². The number of hydrogen-bond donors (Lipinski definition) is 1. The zero-order chi connectivity index (χ0) is 18.0. The summed E-state index contributed by atoms with van der Waals surface area (Å²) < 4.78 is 13.6. The van der Waals surface area contributed by atoms with Crippen LogP contribution in [0.1, 0.15) is 16.7 Å². The Labute approximate surface area is 150 Å². The number of thioether (sulfide) groups is 1. The van der Waals surface area contributed by atoms with Gasteiger partial charge in [0.15, 0.2) is 0 Å². The number of rotatable bonds is 4. The van der Waals surface area contributed by atoms with Crippen molar-refractivity contribution in [2.24, 2.45) is 0 Å². The molecule has 3 nitrogen and oxygen atoms in total. The first-order chi connectivity index (χ1) is 11.9. The smallest absolute Gasteiger partial charge is 0.234 e. The Kier molecular flexibility index (Phi) is 5.04. The van der Waals surface area contributed by atoms with E-state index in [4.69, 9.17) is 4.98 Å². The molecule has 0 aliphatic rings. The lowest BCUT2D eigenvalue weighted by Crippen LogP contribution is -2.15. The molecule has 0 bridgehead atoms. The van der Waals surface area contributed by atoms with Crippen molar-refractivity contribution in [3.63, 3.8) is 0 Å². The molecule has 0 spiro atoms. The Morgan fingerprint density at radius 2 is 1.88 bits per heavy atom. The fourth-order valence-corrected chi connectivity index (χ4v) is 3.53. The predicted molar refractivity (Wildman–Crippen MR) is 102 cm³/mol. The van der Waals surface area contributed by atoms with Crippen molar-refractivity contribution in [1.29, 1.82) is 0 Å². The first-order valence-corrected chi connectivity index (χ1v) is 8.98. The second kappa shape index (κ2) is 7.23. The fraction of sp³-hybridized carbons (Fsp3) is 0.200. The third kappa shape index (κ3) is 3.99. The lowest BCUT2D eigenvalue weighted by molar-refractivity contribution is -0.113. The quantitative estimate of drug-likeness (QED) is 0.668. The molecule has 128 valence electrons.